The van der Waals surface area contributed by atoms with Gasteiger partial charge in [0.2, 0.25) is 0 Å². The van der Waals surface area contributed by atoms with E-state index in [0.717, 1.165) is 64.2 Å². The smallest absolute Gasteiger partial charge is 0.462 e. The first-order valence-electron chi connectivity index (χ1n) is 20.0. The standard InChI is InChI=1S/C41H73O8P/c1-3-5-7-9-11-13-15-17-18-19-20-21-22-24-25-27-29-31-33-35-40(42)47-37-39(38-48-50(44,45)46)49-41(43)36-34-32-30-28-26-23-16-14-12-10-8-6-4-2/h6,8,10,12,14,16,19-20,39H,3-5,7,9,11,13,15,17-18,21-38H2,1-2H3,(H2,44,45,46)/b8-6+,12-10+,16-14+,20-19+. The second-order valence-electron chi connectivity index (χ2n) is 13.3. The second kappa shape index (κ2) is 36.8. The van der Waals surface area contributed by atoms with Crippen molar-refractivity contribution in [3.05, 3.63) is 48.6 Å². The van der Waals surface area contributed by atoms with Crippen LogP contribution in [0.3, 0.4) is 0 Å². The zero-order valence-electron chi connectivity index (χ0n) is 31.8. The van der Waals surface area contributed by atoms with Crippen LogP contribution in [-0.4, -0.2) is 41.0 Å². The molecule has 1 unspecified atom stereocenters. The van der Waals surface area contributed by atoms with Crippen molar-refractivity contribution in [2.45, 2.75) is 187 Å². The molecule has 0 aromatic heterocycles. The maximum absolute atomic E-state index is 12.3. The van der Waals surface area contributed by atoms with Gasteiger partial charge in [0, 0.05) is 12.8 Å². The summed E-state index contributed by atoms with van der Waals surface area (Å²) in [5.74, 6) is -0.915. The molecule has 2 N–H and O–H groups in total. The summed E-state index contributed by atoms with van der Waals surface area (Å²) in [5.41, 5.74) is 0. The predicted octanol–water partition coefficient (Wildman–Crippen LogP) is 12.0. The Kier molecular flexibility index (Phi) is 35.3. The van der Waals surface area contributed by atoms with Crippen LogP contribution in [-0.2, 0) is 28.2 Å². The molecule has 0 saturated heterocycles. The monoisotopic (exact) mass is 725 g/mol. The lowest BCUT2D eigenvalue weighted by Crippen LogP contribution is -2.29. The Morgan fingerprint density at radius 2 is 0.980 bits per heavy atom. The Labute approximate surface area is 305 Å². The molecular formula is C41H73O8P. The molecule has 1 atom stereocenters. The number of unbranched alkanes of at least 4 members (excludes halogenated alkanes) is 20. The summed E-state index contributed by atoms with van der Waals surface area (Å²) in [6, 6.07) is 0. The number of hydrogen-bond acceptors (Lipinski definition) is 6. The average molecular weight is 725 g/mol. The van der Waals surface area contributed by atoms with Crippen LogP contribution in [0.4, 0.5) is 0 Å². The Hall–Kier alpha value is -1.99. The third-order valence-electron chi connectivity index (χ3n) is 8.39. The second-order valence-corrected chi connectivity index (χ2v) is 14.5. The third-order valence-corrected chi connectivity index (χ3v) is 8.88. The molecule has 0 aromatic carbocycles. The van der Waals surface area contributed by atoms with Crippen LogP contribution in [0.15, 0.2) is 48.6 Å². The largest absolute Gasteiger partial charge is 0.469 e. The van der Waals surface area contributed by atoms with Crippen LogP contribution in [0.2, 0.25) is 0 Å². The molecule has 0 aromatic rings. The highest BCUT2D eigenvalue weighted by atomic mass is 31.2. The molecule has 0 aliphatic rings. The first kappa shape index (κ1) is 48.0. The van der Waals surface area contributed by atoms with Gasteiger partial charge < -0.3 is 19.3 Å². The maximum atomic E-state index is 12.3. The number of rotatable bonds is 36. The maximum Gasteiger partial charge on any atom is 0.469 e. The molecule has 290 valence electrons. The number of ether oxygens (including phenoxy) is 2. The lowest BCUT2D eigenvalue weighted by Gasteiger charge is -2.18. The Morgan fingerprint density at radius 1 is 0.540 bits per heavy atom. The van der Waals surface area contributed by atoms with Crippen molar-refractivity contribution in [2.75, 3.05) is 13.2 Å². The van der Waals surface area contributed by atoms with Crippen LogP contribution in [0.5, 0.6) is 0 Å². The minimum Gasteiger partial charge on any atom is -0.462 e. The molecule has 0 saturated carbocycles. The van der Waals surface area contributed by atoms with E-state index in [0.29, 0.717) is 12.8 Å². The number of phosphoric acid groups is 1. The van der Waals surface area contributed by atoms with E-state index in [1.54, 1.807) is 0 Å². The number of phosphoric ester groups is 1. The zero-order chi connectivity index (χ0) is 36.8. The summed E-state index contributed by atoms with van der Waals surface area (Å²) in [7, 11) is -4.76. The molecule has 0 spiro atoms. The van der Waals surface area contributed by atoms with Gasteiger partial charge in [-0.25, -0.2) is 4.57 Å². The van der Waals surface area contributed by atoms with E-state index in [9.17, 15) is 14.2 Å². The molecule has 9 heteroatoms. The summed E-state index contributed by atoms with van der Waals surface area (Å²) < 4.78 is 26.3. The molecule has 0 fully saturated rings. The van der Waals surface area contributed by atoms with Gasteiger partial charge in [-0.2, -0.15) is 0 Å². The molecule has 0 aliphatic carbocycles. The van der Waals surface area contributed by atoms with E-state index in [-0.39, 0.29) is 19.4 Å². The molecule has 0 amide bonds. The number of carbonyl (C=O) groups excluding carboxylic acids is 2. The van der Waals surface area contributed by atoms with E-state index in [1.807, 2.05) is 18.2 Å². The minimum absolute atomic E-state index is 0.187. The van der Waals surface area contributed by atoms with Gasteiger partial charge >= 0.3 is 19.8 Å². The highest BCUT2D eigenvalue weighted by Crippen LogP contribution is 2.36. The van der Waals surface area contributed by atoms with Crippen molar-refractivity contribution in [1.29, 1.82) is 0 Å². The van der Waals surface area contributed by atoms with E-state index in [2.05, 4.69) is 48.8 Å². The zero-order valence-corrected chi connectivity index (χ0v) is 32.7. The topological polar surface area (TPSA) is 119 Å². The van der Waals surface area contributed by atoms with Gasteiger partial charge in [0.05, 0.1) is 6.61 Å². The van der Waals surface area contributed by atoms with Gasteiger partial charge in [-0.1, -0.05) is 159 Å². The van der Waals surface area contributed by atoms with Crippen LogP contribution in [0.1, 0.15) is 181 Å². The number of allylic oxidation sites excluding steroid dienone is 8. The molecule has 0 bridgehead atoms. The summed E-state index contributed by atoms with van der Waals surface area (Å²) in [5, 5.41) is 0. The molecular weight excluding hydrogens is 651 g/mol. The highest BCUT2D eigenvalue weighted by molar-refractivity contribution is 7.46. The SMILES string of the molecule is CC/C=C/C=C/C=C/CCCCCCCC(=O)OC(COC(=O)CCCCCCCCC/C=C/CCCCCCCCCC)COP(=O)(O)O. The lowest BCUT2D eigenvalue weighted by atomic mass is 10.1. The molecule has 8 nitrogen and oxygen atoms in total. The van der Waals surface area contributed by atoms with Gasteiger partial charge in [0.15, 0.2) is 6.10 Å². The van der Waals surface area contributed by atoms with Crippen molar-refractivity contribution in [3.8, 4) is 0 Å². The molecule has 50 heavy (non-hydrogen) atoms. The average Bonchev–Trinajstić information content (AvgIpc) is 3.08. The summed E-state index contributed by atoms with van der Waals surface area (Å²) in [4.78, 5) is 42.7. The summed E-state index contributed by atoms with van der Waals surface area (Å²) in [6.07, 6.45) is 44.1. The third kappa shape index (κ3) is 38.8. The fourth-order valence-electron chi connectivity index (χ4n) is 5.43. The quantitative estimate of drug-likeness (QED) is 0.0215. The first-order valence-corrected chi connectivity index (χ1v) is 21.5. The number of hydrogen-bond donors (Lipinski definition) is 2. The van der Waals surface area contributed by atoms with Crippen LogP contribution < -0.4 is 0 Å². The van der Waals surface area contributed by atoms with E-state index in [4.69, 9.17) is 19.3 Å². The van der Waals surface area contributed by atoms with E-state index in [1.165, 1.54) is 77.0 Å². The lowest BCUT2D eigenvalue weighted by molar-refractivity contribution is -0.161. The Balaban J connectivity index is 3.94. The van der Waals surface area contributed by atoms with E-state index < -0.39 is 32.5 Å². The fourth-order valence-corrected chi connectivity index (χ4v) is 5.79. The van der Waals surface area contributed by atoms with Gasteiger partial charge in [-0.05, 0) is 57.8 Å². The molecule has 0 radical (unpaired) electrons. The first-order chi connectivity index (χ1) is 24.3. The normalized spacial score (nSPS) is 13.0. The van der Waals surface area contributed by atoms with Crippen LogP contribution in [0.25, 0.3) is 0 Å². The fraction of sp³-hybridized carbons (Fsp3) is 0.756. The molecule has 0 heterocycles. The predicted molar refractivity (Wildman–Crippen MR) is 207 cm³/mol. The van der Waals surface area contributed by atoms with Crippen LogP contribution in [0, 0.1) is 0 Å². The van der Waals surface area contributed by atoms with Crippen molar-refractivity contribution < 1.29 is 37.9 Å². The van der Waals surface area contributed by atoms with E-state index >= 15 is 0 Å². The Morgan fingerprint density at radius 3 is 1.48 bits per heavy atom. The minimum atomic E-state index is -4.76. The van der Waals surface area contributed by atoms with Crippen molar-refractivity contribution in [1.82, 2.24) is 0 Å². The van der Waals surface area contributed by atoms with Crippen molar-refractivity contribution in [2.24, 2.45) is 0 Å². The van der Waals surface area contributed by atoms with Gasteiger partial charge in [0.1, 0.15) is 6.61 Å². The van der Waals surface area contributed by atoms with Crippen LogP contribution >= 0.6 is 7.82 Å². The summed E-state index contributed by atoms with van der Waals surface area (Å²) in [6.45, 7) is 3.53. The molecule has 0 rings (SSSR count). The number of carbonyl (C=O) groups is 2. The molecule has 0 aliphatic heterocycles. The number of esters is 2. The van der Waals surface area contributed by atoms with Gasteiger partial charge in [0.25, 0.3) is 0 Å². The Bertz CT molecular complexity index is 952. The summed E-state index contributed by atoms with van der Waals surface area (Å²) >= 11 is 0. The van der Waals surface area contributed by atoms with Gasteiger partial charge in [-0.15, -0.1) is 0 Å². The van der Waals surface area contributed by atoms with Gasteiger partial charge in [-0.3, -0.25) is 14.1 Å². The highest BCUT2D eigenvalue weighted by Gasteiger charge is 2.22. The van der Waals surface area contributed by atoms with Crippen molar-refractivity contribution in [3.63, 3.8) is 0 Å². The van der Waals surface area contributed by atoms with Crippen molar-refractivity contribution >= 4 is 19.8 Å².